The molecule has 0 aromatic heterocycles. The minimum absolute atomic E-state index is 0.00557. The number of esters is 2. The van der Waals surface area contributed by atoms with E-state index in [9.17, 15) is 14.4 Å². The number of hydrogen-bond donors (Lipinski definition) is 0. The Morgan fingerprint density at radius 1 is 1.33 bits per heavy atom. The molecule has 0 spiro atoms. The van der Waals surface area contributed by atoms with E-state index in [1.54, 1.807) is 12.2 Å². The van der Waals surface area contributed by atoms with Crippen molar-refractivity contribution in [1.82, 2.24) is 0 Å². The average Bonchev–Trinajstić information content (AvgIpc) is 2.89. The molecule has 148 valence electrons. The molecule has 0 saturated carbocycles. The summed E-state index contributed by atoms with van der Waals surface area (Å²) in [5, 5.41) is 0. The summed E-state index contributed by atoms with van der Waals surface area (Å²) >= 11 is 0. The molecular formula is C22H30O5. The zero-order valence-corrected chi connectivity index (χ0v) is 17.0. The molecular weight excluding hydrogens is 344 g/mol. The van der Waals surface area contributed by atoms with Crippen LogP contribution in [0.4, 0.5) is 0 Å². The number of hydrogen-bond acceptors (Lipinski definition) is 5. The number of rotatable bonds is 7. The molecule has 0 aromatic rings. The standard InChI is InChI=1S/C22H30O5/c1-14(7-6-8-17-11-20(25)26-13-17)9-19(27-16(3)23)21-15(2)10-18(24)12-22(21,4)5/h7,10-11,19,21H,6,8-9,12-13H2,1-5H3/b14-7+/t19-,21-/m1/s1. The van der Waals surface area contributed by atoms with Gasteiger partial charge in [-0.15, -0.1) is 0 Å². The number of carbonyl (C=O) groups excluding carboxylic acids is 3. The Hall–Kier alpha value is -2.17. The van der Waals surface area contributed by atoms with Crippen molar-refractivity contribution >= 4 is 17.7 Å². The van der Waals surface area contributed by atoms with Crippen LogP contribution in [0.25, 0.3) is 0 Å². The maximum Gasteiger partial charge on any atom is 0.331 e. The predicted octanol–water partition coefficient (Wildman–Crippen LogP) is 4.08. The zero-order valence-electron chi connectivity index (χ0n) is 17.0. The summed E-state index contributed by atoms with van der Waals surface area (Å²) in [6.45, 7) is 9.91. The van der Waals surface area contributed by atoms with Crippen molar-refractivity contribution in [2.45, 2.75) is 66.4 Å². The second-order valence-corrected chi connectivity index (χ2v) is 8.35. The van der Waals surface area contributed by atoms with Crippen molar-refractivity contribution in [3.05, 3.63) is 34.9 Å². The van der Waals surface area contributed by atoms with Crippen LogP contribution in [0.15, 0.2) is 34.9 Å². The second kappa shape index (κ2) is 8.68. The highest BCUT2D eigenvalue weighted by Crippen LogP contribution is 2.44. The van der Waals surface area contributed by atoms with Gasteiger partial charge in [0.2, 0.25) is 0 Å². The zero-order chi connectivity index (χ0) is 20.2. The molecule has 0 unspecified atom stereocenters. The Morgan fingerprint density at radius 2 is 2.04 bits per heavy atom. The van der Waals surface area contributed by atoms with Crippen LogP contribution in [0.1, 0.15) is 60.3 Å². The summed E-state index contributed by atoms with van der Waals surface area (Å²) in [4.78, 5) is 34.8. The SMILES string of the molecule is CC(=O)O[C@H](C/C(C)=C/CCC1=CC(=O)OC1)[C@H]1C(C)=CC(=O)CC1(C)C. The quantitative estimate of drug-likeness (QED) is 0.496. The highest BCUT2D eigenvalue weighted by Gasteiger charge is 2.42. The Kier molecular flexibility index (Phi) is 6.79. The summed E-state index contributed by atoms with van der Waals surface area (Å²) in [5.74, 6) is -0.438. The fraction of sp³-hybridized carbons (Fsp3) is 0.591. The number of cyclic esters (lactones) is 1. The topological polar surface area (TPSA) is 69.7 Å². The van der Waals surface area contributed by atoms with E-state index in [0.717, 1.165) is 29.6 Å². The van der Waals surface area contributed by atoms with E-state index in [1.807, 2.05) is 13.8 Å². The molecule has 5 heteroatoms. The van der Waals surface area contributed by atoms with Crippen LogP contribution in [0.2, 0.25) is 0 Å². The van der Waals surface area contributed by atoms with Crippen LogP contribution in [0.3, 0.4) is 0 Å². The molecule has 1 heterocycles. The lowest BCUT2D eigenvalue weighted by molar-refractivity contribution is -0.150. The van der Waals surface area contributed by atoms with Gasteiger partial charge in [0.15, 0.2) is 5.78 Å². The van der Waals surface area contributed by atoms with Crippen LogP contribution < -0.4 is 0 Å². The molecule has 1 aliphatic carbocycles. The molecule has 5 nitrogen and oxygen atoms in total. The summed E-state index contributed by atoms with van der Waals surface area (Å²) in [6.07, 6.45) is 7.75. The lowest BCUT2D eigenvalue weighted by Crippen LogP contribution is -2.41. The third-order valence-corrected chi connectivity index (χ3v) is 5.24. The second-order valence-electron chi connectivity index (χ2n) is 8.35. The smallest absolute Gasteiger partial charge is 0.331 e. The molecule has 1 aliphatic heterocycles. The molecule has 0 aromatic carbocycles. The molecule has 0 saturated heterocycles. The number of ketones is 1. The monoisotopic (exact) mass is 374 g/mol. The molecule has 0 fully saturated rings. The van der Waals surface area contributed by atoms with Crippen LogP contribution in [0.5, 0.6) is 0 Å². The average molecular weight is 374 g/mol. The first-order valence-corrected chi connectivity index (χ1v) is 9.48. The van der Waals surface area contributed by atoms with Gasteiger partial charge in [0.05, 0.1) is 0 Å². The van der Waals surface area contributed by atoms with Gasteiger partial charge in [-0.1, -0.05) is 31.1 Å². The Labute approximate surface area is 161 Å². The van der Waals surface area contributed by atoms with Gasteiger partial charge in [-0.2, -0.15) is 0 Å². The van der Waals surface area contributed by atoms with Crippen molar-refractivity contribution in [2.24, 2.45) is 11.3 Å². The molecule has 0 amide bonds. The van der Waals surface area contributed by atoms with Gasteiger partial charge in [0.25, 0.3) is 0 Å². The van der Waals surface area contributed by atoms with Gasteiger partial charge in [0, 0.05) is 31.8 Å². The first kappa shape index (κ1) is 21.1. The van der Waals surface area contributed by atoms with E-state index in [4.69, 9.17) is 9.47 Å². The van der Waals surface area contributed by atoms with Gasteiger partial charge in [-0.3, -0.25) is 9.59 Å². The molecule has 27 heavy (non-hydrogen) atoms. The number of ether oxygens (including phenoxy) is 2. The summed E-state index contributed by atoms with van der Waals surface area (Å²) in [6, 6.07) is 0. The summed E-state index contributed by atoms with van der Waals surface area (Å²) < 4.78 is 10.6. The first-order valence-electron chi connectivity index (χ1n) is 9.48. The van der Waals surface area contributed by atoms with Crippen molar-refractivity contribution in [1.29, 1.82) is 0 Å². The van der Waals surface area contributed by atoms with Crippen molar-refractivity contribution in [3.63, 3.8) is 0 Å². The fourth-order valence-electron chi connectivity index (χ4n) is 4.27. The van der Waals surface area contributed by atoms with Crippen molar-refractivity contribution in [2.75, 3.05) is 6.61 Å². The maximum atomic E-state index is 12.0. The maximum absolute atomic E-state index is 12.0. The van der Waals surface area contributed by atoms with E-state index in [2.05, 4.69) is 19.9 Å². The van der Waals surface area contributed by atoms with E-state index in [1.165, 1.54) is 6.92 Å². The minimum Gasteiger partial charge on any atom is -0.462 e. The van der Waals surface area contributed by atoms with Gasteiger partial charge < -0.3 is 9.47 Å². The number of carbonyl (C=O) groups is 3. The molecule has 0 N–H and O–H groups in total. The third kappa shape index (κ3) is 5.91. The largest absolute Gasteiger partial charge is 0.462 e. The van der Waals surface area contributed by atoms with E-state index in [-0.39, 0.29) is 35.2 Å². The Balaban J connectivity index is 2.09. The first-order chi connectivity index (χ1) is 12.6. The predicted molar refractivity (Wildman–Crippen MR) is 103 cm³/mol. The third-order valence-electron chi connectivity index (χ3n) is 5.24. The molecule has 2 aliphatic rings. The van der Waals surface area contributed by atoms with Crippen LogP contribution >= 0.6 is 0 Å². The van der Waals surface area contributed by atoms with E-state index < -0.39 is 0 Å². The highest BCUT2D eigenvalue weighted by molar-refractivity contribution is 5.92. The molecule has 0 radical (unpaired) electrons. The highest BCUT2D eigenvalue weighted by atomic mass is 16.5. The van der Waals surface area contributed by atoms with Gasteiger partial charge in [0.1, 0.15) is 12.7 Å². The minimum atomic E-state index is -0.305. The molecule has 2 rings (SSSR count). The Bertz CT molecular complexity index is 708. The lowest BCUT2D eigenvalue weighted by atomic mass is 9.65. The lowest BCUT2D eigenvalue weighted by Gasteiger charge is -2.42. The van der Waals surface area contributed by atoms with Gasteiger partial charge >= 0.3 is 11.9 Å². The van der Waals surface area contributed by atoms with Crippen molar-refractivity contribution < 1.29 is 23.9 Å². The van der Waals surface area contributed by atoms with Crippen LogP contribution in [-0.4, -0.2) is 30.4 Å². The molecule has 2 atom stereocenters. The van der Waals surface area contributed by atoms with Crippen LogP contribution in [-0.2, 0) is 23.9 Å². The van der Waals surface area contributed by atoms with Gasteiger partial charge in [-0.05, 0) is 43.8 Å². The van der Waals surface area contributed by atoms with Crippen LogP contribution in [0, 0.1) is 11.3 Å². The number of allylic oxidation sites excluding steroid dienone is 2. The summed E-state index contributed by atoms with van der Waals surface area (Å²) in [7, 11) is 0. The summed E-state index contributed by atoms with van der Waals surface area (Å²) in [5.41, 5.74) is 2.85. The molecule has 0 bridgehead atoms. The normalized spacial score (nSPS) is 23.4. The fourth-order valence-corrected chi connectivity index (χ4v) is 4.27. The van der Waals surface area contributed by atoms with Gasteiger partial charge in [-0.25, -0.2) is 4.79 Å². The van der Waals surface area contributed by atoms with E-state index in [0.29, 0.717) is 19.4 Å². The van der Waals surface area contributed by atoms with E-state index >= 15 is 0 Å². The Morgan fingerprint density at radius 3 is 2.59 bits per heavy atom. The van der Waals surface area contributed by atoms with Crippen molar-refractivity contribution in [3.8, 4) is 0 Å².